The van der Waals surface area contributed by atoms with Crippen molar-refractivity contribution in [2.45, 2.75) is 32.0 Å². The van der Waals surface area contributed by atoms with Gasteiger partial charge in [-0.1, -0.05) is 48.0 Å². The molecule has 2 heterocycles. The molecule has 0 aliphatic carbocycles. The molecule has 1 aromatic heterocycles. The standard InChI is InChI=1S/C20H20ClN3O/c21-19-10-4-2-6-15(19)12-17-8-5-11-23(17)14-24-20(25)18-9-3-1-7-16(18)13-22-24/h1-4,6-7,9-10,13,17H,5,8,11-12,14H2/t17-/m1/s1. The fourth-order valence-corrected chi connectivity index (χ4v) is 3.84. The quantitative estimate of drug-likeness (QED) is 0.717. The molecule has 0 unspecified atom stereocenters. The van der Waals surface area contributed by atoms with Gasteiger partial charge in [0.2, 0.25) is 0 Å². The predicted octanol–water partition coefficient (Wildman–Crippen LogP) is 3.71. The summed E-state index contributed by atoms with van der Waals surface area (Å²) in [6.07, 6.45) is 4.93. The molecule has 5 heteroatoms. The first kappa shape index (κ1) is 16.3. The highest BCUT2D eigenvalue weighted by molar-refractivity contribution is 6.31. The third kappa shape index (κ3) is 3.32. The molecular formula is C20H20ClN3O. The summed E-state index contributed by atoms with van der Waals surface area (Å²) >= 11 is 6.32. The summed E-state index contributed by atoms with van der Waals surface area (Å²) < 4.78 is 1.58. The van der Waals surface area contributed by atoms with Gasteiger partial charge >= 0.3 is 0 Å². The number of fused-ring (bicyclic) bond motifs is 1. The first-order valence-corrected chi connectivity index (χ1v) is 9.02. The fraction of sp³-hybridized carbons (Fsp3) is 0.300. The highest BCUT2D eigenvalue weighted by Crippen LogP contribution is 2.25. The molecule has 2 aromatic carbocycles. The molecule has 0 N–H and O–H groups in total. The summed E-state index contributed by atoms with van der Waals surface area (Å²) in [5.41, 5.74) is 1.14. The zero-order valence-corrected chi connectivity index (χ0v) is 14.7. The number of hydrogen-bond acceptors (Lipinski definition) is 3. The molecule has 0 spiro atoms. The number of hydrogen-bond donors (Lipinski definition) is 0. The van der Waals surface area contributed by atoms with Crippen LogP contribution in [0.4, 0.5) is 0 Å². The molecule has 0 radical (unpaired) electrons. The maximum absolute atomic E-state index is 12.7. The summed E-state index contributed by atoms with van der Waals surface area (Å²) in [5.74, 6) is 0. The Kier molecular flexibility index (Phi) is 4.55. The number of nitrogens with zero attached hydrogens (tertiary/aromatic N) is 3. The van der Waals surface area contributed by atoms with Crippen LogP contribution < -0.4 is 5.56 Å². The normalized spacial score (nSPS) is 18.0. The molecule has 25 heavy (non-hydrogen) atoms. The zero-order valence-electron chi connectivity index (χ0n) is 13.9. The average Bonchev–Trinajstić information content (AvgIpc) is 3.06. The monoisotopic (exact) mass is 353 g/mol. The summed E-state index contributed by atoms with van der Waals surface area (Å²) in [6, 6.07) is 16.0. The number of benzene rings is 2. The Morgan fingerprint density at radius 3 is 2.80 bits per heavy atom. The third-order valence-electron chi connectivity index (χ3n) is 4.99. The predicted molar refractivity (Wildman–Crippen MR) is 101 cm³/mol. The van der Waals surface area contributed by atoms with E-state index in [1.165, 1.54) is 5.56 Å². The first-order chi connectivity index (χ1) is 12.2. The van der Waals surface area contributed by atoms with Gasteiger partial charge in [-0.05, 0) is 37.0 Å². The topological polar surface area (TPSA) is 38.1 Å². The molecule has 4 rings (SSSR count). The highest BCUT2D eigenvalue weighted by atomic mass is 35.5. The minimum absolute atomic E-state index is 0.0264. The van der Waals surface area contributed by atoms with Crippen molar-refractivity contribution < 1.29 is 0 Å². The third-order valence-corrected chi connectivity index (χ3v) is 5.36. The highest BCUT2D eigenvalue weighted by Gasteiger charge is 2.26. The van der Waals surface area contributed by atoms with E-state index in [9.17, 15) is 4.79 Å². The maximum Gasteiger partial charge on any atom is 0.275 e. The van der Waals surface area contributed by atoms with Crippen molar-refractivity contribution in [2.24, 2.45) is 0 Å². The van der Waals surface area contributed by atoms with E-state index < -0.39 is 0 Å². The van der Waals surface area contributed by atoms with Crippen molar-refractivity contribution in [3.05, 3.63) is 75.7 Å². The lowest BCUT2D eigenvalue weighted by atomic mass is 10.0. The van der Waals surface area contributed by atoms with Gasteiger partial charge in [-0.3, -0.25) is 9.69 Å². The minimum atomic E-state index is -0.0264. The van der Waals surface area contributed by atoms with Crippen molar-refractivity contribution in [3.63, 3.8) is 0 Å². The van der Waals surface area contributed by atoms with Gasteiger partial charge in [-0.2, -0.15) is 5.10 Å². The van der Waals surface area contributed by atoms with Crippen LogP contribution >= 0.6 is 11.6 Å². The Hall–Kier alpha value is -2.17. The van der Waals surface area contributed by atoms with E-state index in [1.807, 2.05) is 42.5 Å². The van der Waals surface area contributed by atoms with Gasteiger partial charge in [0.25, 0.3) is 5.56 Å². The maximum atomic E-state index is 12.7. The zero-order chi connectivity index (χ0) is 17.2. The Bertz CT molecular complexity index is 953. The number of aromatic nitrogens is 2. The second-order valence-electron chi connectivity index (χ2n) is 6.58. The second kappa shape index (κ2) is 6.98. The van der Waals surface area contributed by atoms with Gasteiger partial charge in [0.05, 0.1) is 18.3 Å². The van der Waals surface area contributed by atoms with E-state index in [0.29, 0.717) is 12.7 Å². The van der Waals surface area contributed by atoms with Crippen molar-refractivity contribution in [1.82, 2.24) is 14.7 Å². The Balaban J connectivity index is 1.57. The van der Waals surface area contributed by atoms with Crippen LogP contribution in [0.25, 0.3) is 10.8 Å². The van der Waals surface area contributed by atoms with Gasteiger partial charge in [0, 0.05) is 23.0 Å². The molecule has 4 nitrogen and oxygen atoms in total. The molecule has 3 aromatic rings. The van der Waals surface area contributed by atoms with Gasteiger partial charge < -0.3 is 0 Å². The molecule has 1 aliphatic heterocycles. The molecule has 1 saturated heterocycles. The van der Waals surface area contributed by atoms with Crippen molar-refractivity contribution in [3.8, 4) is 0 Å². The molecule has 1 atom stereocenters. The van der Waals surface area contributed by atoms with E-state index >= 15 is 0 Å². The molecule has 0 bridgehead atoms. The van der Waals surface area contributed by atoms with E-state index in [0.717, 1.165) is 41.6 Å². The van der Waals surface area contributed by atoms with E-state index in [4.69, 9.17) is 11.6 Å². The number of likely N-dealkylation sites (tertiary alicyclic amines) is 1. The summed E-state index contributed by atoms with van der Waals surface area (Å²) in [6.45, 7) is 1.51. The van der Waals surface area contributed by atoms with Gasteiger partial charge in [-0.25, -0.2) is 4.68 Å². The van der Waals surface area contributed by atoms with Gasteiger partial charge in [-0.15, -0.1) is 0 Å². The van der Waals surface area contributed by atoms with Crippen LogP contribution in [0.2, 0.25) is 5.02 Å². The largest absolute Gasteiger partial charge is 0.281 e. The lowest BCUT2D eigenvalue weighted by Crippen LogP contribution is -2.37. The second-order valence-corrected chi connectivity index (χ2v) is 6.99. The molecule has 1 fully saturated rings. The van der Waals surface area contributed by atoms with E-state index in [-0.39, 0.29) is 5.56 Å². The van der Waals surface area contributed by atoms with E-state index in [1.54, 1.807) is 10.9 Å². The summed E-state index contributed by atoms with van der Waals surface area (Å²) in [5, 5.41) is 6.79. The summed E-state index contributed by atoms with van der Waals surface area (Å²) in [7, 11) is 0. The Morgan fingerprint density at radius 1 is 1.12 bits per heavy atom. The number of rotatable bonds is 4. The van der Waals surface area contributed by atoms with Crippen LogP contribution in [0, 0.1) is 0 Å². The molecule has 1 aliphatic rings. The number of halogens is 1. The molecular weight excluding hydrogens is 334 g/mol. The lowest BCUT2D eigenvalue weighted by molar-refractivity contribution is 0.185. The van der Waals surface area contributed by atoms with Gasteiger partial charge in [0.15, 0.2) is 0 Å². The van der Waals surface area contributed by atoms with Crippen LogP contribution in [0.5, 0.6) is 0 Å². The fourth-order valence-electron chi connectivity index (χ4n) is 3.63. The molecule has 128 valence electrons. The first-order valence-electron chi connectivity index (χ1n) is 8.65. The molecule has 0 saturated carbocycles. The van der Waals surface area contributed by atoms with Crippen LogP contribution in [0.1, 0.15) is 18.4 Å². The minimum Gasteiger partial charge on any atom is -0.281 e. The van der Waals surface area contributed by atoms with E-state index in [2.05, 4.69) is 16.1 Å². The smallest absolute Gasteiger partial charge is 0.275 e. The lowest BCUT2D eigenvalue weighted by Gasteiger charge is -2.25. The molecule has 0 amide bonds. The van der Waals surface area contributed by atoms with Crippen molar-refractivity contribution in [2.75, 3.05) is 6.54 Å². The Labute approximate surface area is 151 Å². The van der Waals surface area contributed by atoms with Crippen LogP contribution in [0.3, 0.4) is 0 Å². The van der Waals surface area contributed by atoms with Crippen molar-refractivity contribution >= 4 is 22.4 Å². The van der Waals surface area contributed by atoms with Crippen LogP contribution in [-0.2, 0) is 13.1 Å². The van der Waals surface area contributed by atoms with Crippen LogP contribution in [-0.4, -0.2) is 27.3 Å². The summed E-state index contributed by atoms with van der Waals surface area (Å²) in [4.78, 5) is 15.0. The SMILES string of the molecule is O=c1c2ccccc2cnn1CN1CCC[C@@H]1Cc1ccccc1Cl. The van der Waals surface area contributed by atoms with Crippen molar-refractivity contribution in [1.29, 1.82) is 0 Å². The van der Waals surface area contributed by atoms with Crippen LogP contribution in [0.15, 0.2) is 59.5 Å². The Morgan fingerprint density at radius 2 is 1.92 bits per heavy atom. The average molecular weight is 354 g/mol. The van der Waals surface area contributed by atoms with Gasteiger partial charge in [0.1, 0.15) is 0 Å².